The molecule has 2 aliphatic rings. The molecule has 1 fully saturated rings. The maximum Gasteiger partial charge on any atom is 0.306 e. The van der Waals surface area contributed by atoms with Crippen molar-refractivity contribution in [2.24, 2.45) is 5.41 Å². The molecule has 0 radical (unpaired) electrons. The van der Waals surface area contributed by atoms with Crippen LogP contribution in [0.15, 0.2) is 35.9 Å². The monoisotopic (exact) mass is 356 g/mol. The fourth-order valence-electron chi connectivity index (χ4n) is 4.63. The van der Waals surface area contributed by atoms with E-state index in [1.165, 1.54) is 63.2 Å². The zero-order chi connectivity index (χ0) is 18.4. The van der Waals surface area contributed by atoms with Crippen LogP contribution in [0, 0.1) is 5.41 Å². The summed E-state index contributed by atoms with van der Waals surface area (Å²) in [6.07, 6.45) is 13.2. The molecule has 1 saturated carbocycles. The van der Waals surface area contributed by atoms with Crippen molar-refractivity contribution < 1.29 is 14.3 Å². The van der Waals surface area contributed by atoms with Crippen LogP contribution in [0.2, 0.25) is 0 Å². The Bertz CT molecular complexity index is 623. The highest BCUT2D eigenvalue weighted by Gasteiger charge is 2.33. The quantitative estimate of drug-likeness (QED) is 0.458. The number of allylic oxidation sites excluding steroid dienone is 1. The third-order valence-electron chi connectivity index (χ3n) is 6.19. The highest BCUT2D eigenvalue weighted by atomic mass is 16.5. The van der Waals surface area contributed by atoms with E-state index in [1.807, 2.05) is 12.1 Å². The minimum Gasteiger partial charge on any atom is -0.489 e. The normalized spacial score (nSPS) is 19.8. The smallest absolute Gasteiger partial charge is 0.306 e. The molecule has 0 unspecified atom stereocenters. The SMILES string of the molecule is CC[C@H](CC(=O)OC)c1ccc(OCC2=CC3(CCCC3)CCC2)cc1. The van der Waals surface area contributed by atoms with Gasteiger partial charge in [-0.15, -0.1) is 0 Å². The molecular weight excluding hydrogens is 324 g/mol. The summed E-state index contributed by atoms with van der Waals surface area (Å²) in [4.78, 5) is 11.6. The van der Waals surface area contributed by atoms with E-state index in [4.69, 9.17) is 9.47 Å². The van der Waals surface area contributed by atoms with E-state index in [9.17, 15) is 4.79 Å². The third-order valence-corrected chi connectivity index (χ3v) is 6.19. The van der Waals surface area contributed by atoms with Gasteiger partial charge in [-0.1, -0.05) is 38.0 Å². The highest BCUT2D eigenvalue weighted by molar-refractivity contribution is 5.70. The van der Waals surface area contributed by atoms with Gasteiger partial charge in [0.1, 0.15) is 12.4 Å². The zero-order valence-corrected chi connectivity index (χ0v) is 16.3. The summed E-state index contributed by atoms with van der Waals surface area (Å²) in [5, 5.41) is 0. The summed E-state index contributed by atoms with van der Waals surface area (Å²) in [7, 11) is 1.45. The second-order valence-corrected chi connectivity index (χ2v) is 7.97. The minimum atomic E-state index is -0.151. The van der Waals surface area contributed by atoms with Gasteiger partial charge in [-0.2, -0.15) is 0 Å². The number of rotatable bonds is 7. The lowest BCUT2D eigenvalue weighted by Gasteiger charge is -2.31. The van der Waals surface area contributed by atoms with E-state index < -0.39 is 0 Å². The van der Waals surface area contributed by atoms with Gasteiger partial charge in [-0.3, -0.25) is 4.79 Å². The van der Waals surface area contributed by atoms with E-state index in [0.717, 1.165) is 12.2 Å². The maximum absolute atomic E-state index is 11.6. The summed E-state index contributed by atoms with van der Waals surface area (Å²) in [6, 6.07) is 8.23. The standard InChI is InChI=1S/C23H32O3/c1-3-19(15-22(24)25-2)20-8-10-21(11-9-20)26-17-18-7-6-14-23(16-18)12-4-5-13-23/h8-11,16,19H,3-7,12-15,17H2,1-2H3/t19-/m1/s1. The number of methoxy groups -OCH3 is 1. The first-order valence-electron chi connectivity index (χ1n) is 10.1. The lowest BCUT2D eigenvalue weighted by atomic mass is 9.75. The number of ether oxygens (including phenoxy) is 2. The van der Waals surface area contributed by atoms with Gasteiger partial charge < -0.3 is 9.47 Å². The van der Waals surface area contributed by atoms with Crippen LogP contribution in [0.5, 0.6) is 5.75 Å². The predicted octanol–water partition coefficient (Wildman–Crippen LogP) is 5.79. The molecule has 0 N–H and O–H groups in total. The number of carbonyl (C=O) groups excluding carboxylic acids is 1. The van der Waals surface area contributed by atoms with Gasteiger partial charge in [-0.05, 0) is 73.1 Å². The van der Waals surface area contributed by atoms with E-state index in [-0.39, 0.29) is 11.9 Å². The Balaban J connectivity index is 1.57. The Morgan fingerprint density at radius 1 is 1.12 bits per heavy atom. The van der Waals surface area contributed by atoms with Crippen molar-refractivity contribution in [1.29, 1.82) is 0 Å². The molecule has 1 spiro atoms. The first kappa shape index (κ1) is 19.0. The van der Waals surface area contributed by atoms with Crippen molar-refractivity contribution in [3.05, 3.63) is 41.5 Å². The van der Waals surface area contributed by atoms with Crippen LogP contribution in [0.25, 0.3) is 0 Å². The molecule has 0 aliphatic heterocycles. The van der Waals surface area contributed by atoms with Gasteiger partial charge in [0.2, 0.25) is 0 Å². The molecule has 0 heterocycles. The van der Waals surface area contributed by atoms with Crippen LogP contribution in [0.4, 0.5) is 0 Å². The topological polar surface area (TPSA) is 35.5 Å². The Hall–Kier alpha value is -1.77. The van der Waals surface area contributed by atoms with Gasteiger partial charge in [0.15, 0.2) is 0 Å². The molecule has 3 nitrogen and oxygen atoms in total. The second kappa shape index (κ2) is 8.75. The Morgan fingerprint density at radius 2 is 1.81 bits per heavy atom. The average molecular weight is 357 g/mol. The van der Waals surface area contributed by atoms with Gasteiger partial charge >= 0.3 is 5.97 Å². The molecule has 0 saturated heterocycles. The highest BCUT2D eigenvalue weighted by Crippen LogP contribution is 2.47. The van der Waals surface area contributed by atoms with Crippen molar-refractivity contribution in [3.63, 3.8) is 0 Å². The molecule has 2 aliphatic carbocycles. The van der Waals surface area contributed by atoms with Crippen LogP contribution in [0.1, 0.15) is 76.2 Å². The summed E-state index contributed by atoms with van der Waals surface area (Å²) in [5.41, 5.74) is 3.13. The molecule has 1 aromatic carbocycles. The van der Waals surface area contributed by atoms with Crippen molar-refractivity contribution in [1.82, 2.24) is 0 Å². The molecule has 0 bridgehead atoms. The number of hydrogen-bond acceptors (Lipinski definition) is 3. The zero-order valence-electron chi connectivity index (χ0n) is 16.3. The molecular formula is C23H32O3. The lowest BCUT2D eigenvalue weighted by Crippen LogP contribution is -2.19. The Labute approximate surface area is 157 Å². The largest absolute Gasteiger partial charge is 0.489 e. The minimum absolute atomic E-state index is 0.151. The number of esters is 1. The molecule has 1 atom stereocenters. The summed E-state index contributed by atoms with van der Waals surface area (Å²) in [6.45, 7) is 2.81. The third kappa shape index (κ3) is 4.69. The van der Waals surface area contributed by atoms with E-state index in [0.29, 0.717) is 18.4 Å². The predicted molar refractivity (Wildman–Crippen MR) is 104 cm³/mol. The molecule has 1 aromatic rings. The summed E-state index contributed by atoms with van der Waals surface area (Å²) >= 11 is 0. The molecule has 26 heavy (non-hydrogen) atoms. The van der Waals surface area contributed by atoms with Crippen LogP contribution < -0.4 is 4.74 Å². The first-order valence-corrected chi connectivity index (χ1v) is 10.1. The van der Waals surface area contributed by atoms with Crippen molar-refractivity contribution >= 4 is 5.97 Å². The Kier molecular flexibility index (Phi) is 6.39. The van der Waals surface area contributed by atoms with Gasteiger partial charge in [0.25, 0.3) is 0 Å². The fourth-order valence-corrected chi connectivity index (χ4v) is 4.63. The first-order chi connectivity index (χ1) is 12.6. The average Bonchev–Trinajstić information content (AvgIpc) is 3.12. The summed E-state index contributed by atoms with van der Waals surface area (Å²) in [5.74, 6) is 0.968. The Morgan fingerprint density at radius 3 is 2.46 bits per heavy atom. The van der Waals surface area contributed by atoms with E-state index in [1.54, 1.807) is 0 Å². The maximum atomic E-state index is 11.6. The lowest BCUT2D eigenvalue weighted by molar-refractivity contribution is -0.141. The van der Waals surface area contributed by atoms with Crippen LogP contribution in [0.3, 0.4) is 0 Å². The summed E-state index contributed by atoms with van der Waals surface area (Å²) < 4.78 is 10.9. The van der Waals surface area contributed by atoms with Gasteiger partial charge in [-0.25, -0.2) is 0 Å². The van der Waals surface area contributed by atoms with Crippen molar-refractivity contribution in [2.75, 3.05) is 13.7 Å². The molecule has 0 amide bonds. The number of benzene rings is 1. The van der Waals surface area contributed by atoms with Crippen LogP contribution >= 0.6 is 0 Å². The van der Waals surface area contributed by atoms with Crippen molar-refractivity contribution in [2.45, 2.75) is 70.6 Å². The van der Waals surface area contributed by atoms with E-state index in [2.05, 4.69) is 25.1 Å². The molecule has 3 heteroatoms. The second-order valence-electron chi connectivity index (χ2n) is 7.97. The van der Waals surface area contributed by atoms with Crippen LogP contribution in [-0.4, -0.2) is 19.7 Å². The van der Waals surface area contributed by atoms with Crippen LogP contribution in [-0.2, 0) is 9.53 Å². The number of carbonyl (C=O) groups is 1. The number of hydrogen-bond donors (Lipinski definition) is 0. The molecule has 142 valence electrons. The fraction of sp³-hybridized carbons (Fsp3) is 0.609. The van der Waals surface area contributed by atoms with Gasteiger partial charge in [0.05, 0.1) is 13.5 Å². The molecule has 0 aromatic heterocycles. The molecule has 3 rings (SSSR count). The van der Waals surface area contributed by atoms with E-state index >= 15 is 0 Å². The van der Waals surface area contributed by atoms with Crippen molar-refractivity contribution in [3.8, 4) is 5.75 Å². The van der Waals surface area contributed by atoms with Gasteiger partial charge in [0, 0.05) is 0 Å².